The second-order valence-corrected chi connectivity index (χ2v) is 4.25. The van der Waals surface area contributed by atoms with Crippen molar-refractivity contribution in [3.63, 3.8) is 0 Å². The summed E-state index contributed by atoms with van der Waals surface area (Å²) >= 11 is 0. The summed E-state index contributed by atoms with van der Waals surface area (Å²) in [6.07, 6.45) is 0. The molecule has 3 N–H and O–H groups in total. The Balaban J connectivity index is 2.81. The highest BCUT2D eigenvalue weighted by molar-refractivity contribution is 5.78. The van der Waals surface area contributed by atoms with E-state index in [1.165, 1.54) is 0 Å². The number of hydrogen-bond donors (Lipinski definition) is 2. The lowest BCUT2D eigenvalue weighted by atomic mass is 9.71. The van der Waals surface area contributed by atoms with Gasteiger partial charge < -0.3 is 11.1 Å². The molecule has 0 aromatic carbocycles. The number of primary amides is 1. The molecule has 0 spiro atoms. The van der Waals surface area contributed by atoms with Crippen LogP contribution in [0.25, 0.3) is 0 Å². The topological polar surface area (TPSA) is 55.1 Å². The molecule has 1 heterocycles. The Hall–Kier alpha value is -0.570. The third kappa shape index (κ3) is 1.33. The van der Waals surface area contributed by atoms with Gasteiger partial charge in [0.2, 0.25) is 5.91 Å². The minimum atomic E-state index is -0.170. The molecule has 3 nitrogen and oxygen atoms in total. The van der Waals surface area contributed by atoms with Gasteiger partial charge in [-0.3, -0.25) is 4.79 Å². The zero-order valence-corrected chi connectivity index (χ0v) is 8.05. The molecule has 1 rings (SSSR count). The Kier molecular flexibility index (Phi) is 2.42. The summed E-state index contributed by atoms with van der Waals surface area (Å²) in [5.74, 6) is 0.318. The molecule has 3 heteroatoms. The lowest BCUT2D eigenvalue weighted by Gasteiger charge is -2.32. The van der Waals surface area contributed by atoms with Crippen molar-refractivity contribution in [3.8, 4) is 0 Å². The van der Waals surface area contributed by atoms with E-state index < -0.39 is 0 Å². The van der Waals surface area contributed by atoms with Gasteiger partial charge in [-0.25, -0.2) is 0 Å². The summed E-state index contributed by atoms with van der Waals surface area (Å²) in [6, 6.07) is 0. The summed E-state index contributed by atoms with van der Waals surface area (Å²) in [5, 5.41) is 3.22. The predicted octanol–water partition coefficient (Wildman–Crippen LogP) is 0.353. The second-order valence-electron chi connectivity index (χ2n) is 4.25. The lowest BCUT2D eigenvalue weighted by molar-refractivity contribution is -0.124. The normalized spacial score (nSPS) is 35.8. The van der Waals surface area contributed by atoms with E-state index in [9.17, 15) is 4.79 Å². The third-order valence-electron chi connectivity index (χ3n) is 3.31. The highest BCUT2D eigenvalue weighted by Crippen LogP contribution is 2.37. The van der Waals surface area contributed by atoms with E-state index in [2.05, 4.69) is 26.1 Å². The van der Waals surface area contributed by atoms with Crippen LogP contribution in [0.1, 0.15) is 20.8 Å². The maximum atomic E-state index is 11.1. The van der Waals surface area contributed by atoms with Crippen LogP contribution in [0.2, 0.25) is 0 Å². The molecule has 1 aliphatic rings. The van der Waals surface area contributed by atoms with Crippen LogP contribution in [0, 0.1) is 17.3 Å². The highest BCUT2D eigenvalue weighted by atomic mass is 16.1. The molecule has 1 amide bonds. The summed E-state index contributed by atoms with van der Waals surface area (Å²) in [4.78, 5) is 11.1. The standard InChI is InChI=1S/C9H18N2O/c1-6(2)9(3)5-11-4-7(9)8(10)12/h6-7,11H,4-5H2,1-3H3,(H2,10,12). The highest BCUT2D eigenvalue weighted by Gasteiger charge is 2.44. The van der Waals surface area contributed by atoms with Crippen LogP contribution in [0.4, 0.5) is 0 Å². The molecule has 2 atom stereocenters. The zero-order valence-electron chi connectivity index (χ0n) is 8.05. The van der Waals surface area contributed by atoms with Crippen LogP contribution >= 0.6 is 0 Å². The number of nitrogens with two attached hydrogens (primary N) is 1. The fourth-order valence-corrected chi connectivity index (χ4v) is 1.87. The molecule has 2 unspecified atom stereocenters. The van der Waals surface area contributed by atoms with E-state index in [0.29, 0.717) is 5.92 Å². The molecule has 0 bridgehead atoms. The second kappa shape index (κ2) is 3.05. The fourth-order valence-electron chi connectivity index (χ4n) is 1.87. The number of amides is 1. The molecule has 70 valence electrons. The van der Waals surface area contributed by atoms with Crippen molar-refractivity contribution >= 4 is 5.91 Å². The molecular weight excluding hydrogens is 152 g/mol. The molecule has 0 aliphatic carbocycles. The quantitative estimate of drug-likeness (QED) is 0.628. The predicted molar refractivity (Wildman–Crippen MR) is 48.5 cm³/mol. The Morgan fingerprint density at radius 1 is 1.67 bits per heavy atom. The van der Waals surface area contributed by atoms with Gasteiger partial charge in [-0.1, -0.05) is 20.8 Å². The van der Waals surface area contributed by atoms with Crippen LogP contribution < -0.4 is 11.1 Å². The zero-order chi connectivity index (χ0) is 9.35. The minimum Gasteiger partial charge on any atom is -0.369 e. The Morgan fingerprint density at radius 3 is 2.58 bits per heavy atom. The third-order valence-corrected chi connectivity index (χ3v) is 3.31. The first-order valence-electron chi connectivity index (χ1n) is 4.48. The van der Waals surface area contributed by atoms with Gasteiger partial charge in [0, 0.05) is 13.1 Å². The largest absolute Gasteiger partial charge is 0.369 e. The molecule has 1 fully saturated rings. The van der Waals surface area contributed by atoms with Crippen molar-refractivity contribution in [3.05, 3.63) is 0 Å². The van der Waals surface area contributed by atoms with Gasteiger partial charge >= 0.3 is 0 Å². The first-order valence-corrected chi connectivity index (χ1v) is 4.48. The van der Waals surface area contributed by atoms with E-state index in [-0.39, 0.29) is 17.2 Å². The monoisotopic (exact) mass is 170 g/mol. The van der Waals surface area contributed by atoms with E-state index in [1.54, 1.807) is 0 Å². The van der Waals surface area contributed by atoms with Gasteiger partial charge in [-0.2, -0.15) is 0 Å². The van der Waals surface area contributed by atoms with Gasteiger partial charge in [0.1, 0.15) is 0 Å². The van der Waals surface area contributed by atoms with E-state index in [0.717, 1.165) is 13.1 Å². The number of carbonyl (C=O) groups is 1. The van der Waals surface area contributed by atoms with E-state index in [4.69, 9.17) is 5.73 Å². The van der Waals surface area contributed by atoms with Crippen molar-refractivity contribution in [1.82, 2.24) is 5.32 Å². The van der Waals surface area contributed by atoms with Crippen LogP contribution in [-0.2, 0) is 4.79 Å². The first-order chi connectivity index (χ1) is 5.48. The fraction of sp³-hybridized carbons (Fsp3) is 0.889. The first kappa shape index (κ1) is 9.52. The molecule has 1 aliphatic heterocycles. The molecule has 0 aromatic rings. The summed E-state index contributed by atoms with van der Waals surface area (Å²) in [6.45, 7) is 8.06. The molecule has 0 radical (unpaired) electrons. The summed E-state index contributed by atoms with van der Waals surface area (Å²) in [5.41, 5.74) is 5.38. The SMILES string of the molecule is CC(C)C1(C)CNCC1C(N)=O. The molecule has 0 saturated carbocycles. The van der Waals surface area contributed by atoms with Crippen LogP contribution in [-0.4, -0.2) is 19.0 Å². The van der Waals surface area contributed by atoms with Gasteiger partial charge in [-0.05, 0) is 11.3 Å². The van der Waals surface area contributed by atoms with E-state index >= 15 is 0 Å². The maximum absolute atomic E-state index is 11.1. The smallest absolute Gasteiger partial charge is 0.222 e. The van der Waals surface area contributed by atoms with Gasteiger partial charge in [0.05, 0.1) is 5.92 Å². The Morgan fingerprint density at radius 2 is 2.25 bits per heavy atom. The molecular formula is C9H18N2O. The number of hydrogen-bond acceptors (Lipinski definition) is 2. The number of nitrogens with one attached hydrogen (secondary N) is 1. The van der Waals surface area contributed by atoms with Crippen molar-refractivity contribution in [1.29, 1.82) is 0 Å². The van der Waals surface area contributed by atoms with Crippen LogP contribution in [0.15, 0.2) is 0 Å². The summed E-state index contributed by atoms with van der Waals surface area (Å²) < 4.78 is 0. The molecule has 0 aromatic heterocycles. The van der Waals surface area contributed by atoms with Crippen LogP contribution in [0.3, 0.4) is 0 Å². The van der Waals surface area contributed by atoms with E-state index in [1.807, 2.05) is 0 Å². The Bertz CT molecular complexity index is 191. The van der Waals surface area contributed by atoms with Crippen molar-refractivity contribution < 1.29 is 4.79 Å². The maximum Gasteiger partial charge on any atom is 0.222 e. The van der Waals surface area contributed by atoms with Crippen molar-refractivity contribution in [2.45, 2.75) is 20.8 Å². The molecule has 12 heavy (non-hydrogen) atoms. The minimum absolute atomic E-state index is 0.00231. The van der Waals surface area contributed by atoms with Gasteiger partial charge in [0.15, 0.2) is 0 Å². The average molecular weight is 170 g/mol. The lowest BCUT2D eigenvalue weighted by Crippen LogP contribution is -2.39. The average Bonchev–Trinajstić information content (AvgIpc) is 2.32. The van der Waals surface area contributed by atoms with Gasteiger partial charge in [-0.15, -0.1) is 0 Å². The summed E-state index contributed by atoms with van der Waals surface area (Å²) in [7, 11) is 0. The molecule has 1 saturated heterocycles. The van der Waals surface area contributed by atoms with Crippen molar-refractivity contribution in [2.24, 2.45) is 23.0 Å². The van der Waals surface area contributed by atoms with Crippen molar-refractivity contribution in [2.75, 3.05) is 13.1 Å². The van der Waals surface area contributed by atoms with Crippen LogP contribution in [0.5, 0.6) is 0 Å². The Labute approximate surface area is 73.7 Å². The van der Waals surface area contributed by atoms with Gasteiger partial charge in [0.25, 0.3) is 0 Å². The number of carbonyl (C=O) groups excluding carboxylic acids is 1. The number of rotatable bonds is 2.